The molecule has 0 saturated carbocycles. The van der Waals surface area contributed by atoms with Crippen molar-refractivity contribution in [2.24, 2.45) is 11.8 Å². The van der Waals surface area contributed by atoms with Gasteiger partial charge in [-0.15, -0.1) is 0 Å². The third-order valence-corrected chi connectivity index (χ3v) is 6.63. The van der Waals surface area contributed by atoms with E-state index in [1.54, 1.807) is 0 Å². The number of rotatable bonds is 9. The highest BCUT2D eigenvalue weighted by Crippen LogP contribution is 2.52. The van der Waals surface area contributed by atoms with E-state index < -0.39 is 7.67 Å². The van der Waals surface area contributed by atoms with Gasteiger partial charge in [-0.2, -0.15) is 0 Å². The molecule has 0 aliphatic rings. The molecule has 0 aliphatic heterocycles. The van der Waals surface area contributed by atoms with Crippen molar-refractivity contribution in [3.8, 4) is 5.75 Å². The maximum absolute atomic E-state index is 13.6. The second-order valence-electron chi connectivity index (χ2n) is 6.83. The summed E-state index contributed by atoms with van der Waals surface area (Å²) in [6, 6.07) is 7.49. The van der Waals surface area contributed by atoms with Crippen LogP contribution < -0.4 is 4.52 Å². The fraction of sp³-hybridized carbons (Fsp3) is 0.647. The van der Waals surface area contributed by atoms with Crippen LogP contribution in [-0.4, -0.2) is 36.5 Å². The van der Waals surface area contributed by atoms with Crippen LogP contribution in [0, 0.1) is 11.8 Å². The Balaban J connectivity index is 2.99. The van der Waals surface area contributed by atoms with Crippen molar-refractivity contribution in [2.75, 3.05) is 27.2 Å². The molecule has 0 N–H and O–H groups in total. The van der Waals surface area contributed by atoms with Gasteiger partial charge in [0.2, 0.25) is 0 Å². The monoisotopic (exact) mass is 404 g/mol. The van der Waals surface area contributed by atoms with Crippen LogP contribution in [-0.2, 0) is 4.57 Å². The molecule has 23 heavy (non-hydrogen) atoms. The van der Waals surface area contributed by atoms with E-state index in [0.717, 1.165) is 24.0 Å². The van der Waals surface area contributed by atoms with Crippen LogP contribution in [0.1, 0.15) is 34.1 Å². The molecule has 0 spiro atoms. The molecule has 1 aromatic carbocycles. The van der Waals surface area contributed by atoms with Crippen molar-refractivity contribution < 1.29 is 9.09 Å². The first-order chi connectivity index (χ1) is 10.6. The lowest BCUT2D eigenvalue weighted by atomic mass is 10.1. The second kappa shape index (κ2) is 9.22. The SMILES string of the molecule is CC(C)CCN(C)P(=O)(Oc1ccc(Br)cc1)N(C)CC(C)C. The zero-order chi connectivity index (χ0) is 17.6. The largest absolute Gasteiger partial charge is 0.422 e. The zero-order valence-corrected chi connectivity index (χ0v) is 17.6. The molecule has 0 aliphatic carbocycles. The third-order valence-electron chi connectivity index (χ3n) is 3.56. The second-order valence-corrected chi connectivity index (χ2v) is 10.3. The van der Waals surface area contributed by atoms with Crippen LogP contribution in [0.5, 0.6) is 5.75 Å². The Kier molecular flexibility index (Phi) is 8.29. The van der Waals surface area contributed by atoms with Gasteiger partial charge < -0.3 is 4.52 Å². The van der Waals surface area contributed by atoms with Gasteiger partial charge in [-0.05, 0) is 56.6 Å². The Hall–Kier alpha value is -0.350. The summed E-state index contributed by atoms with van der Waals surface area (Å²) in [5.41, 5.74) is 0. The minimum Gasteiger partial charge on any atom is -0.422 e. The molecule has 1 atom stereocenters. The first-order valence-corrected chi connectivity index (χ1v) is 10.5. The first kappa shape index (κ1) is 20.7. The van der Waals surface area contributed by atoms with Gasteiger partial charge in [0.25, 0.3) is 0 Å². The van der Waals surface area contributed by atoms with Crippen LogP contribution in [0.3, 0.4) is 0 Å². The Morgan fingerprint density at radius 1 is 1.04 bits per heavy atom. The smallest absolute Gasteiger partial charge is 0.395 e. The maximum atomic E-state index is 13.6. The molecule has 1 unspecified atom stereocenters. The molecule has 4 nitrogen and oxygen atoms in total. The first-order valence-electron chi connectivity index (χ1n) is 8.13. The summed E-state index contributed by atoms with van der Waals surface area (Å²) >= 11 is 3.41. The summed E-state index contributed by atoms with van der Waals surface area (Å²) in [6.07, 6.45) is 0.986. The van der Waals surface area contributed by atoms with Crippen molar-refractivity contribution in [3.63, 3.8) is 0 Å². The summed E-state index contributed by atoms with van der Waals surface area (Å²) < 4.78 is 24.3. The molecule has 0 amide bonds. The van der Waals surface area contributed by atoms with E-state index >= 15 is 0 Å². The predicted octanol–water partition coefficient (Wildman–Crippen LogP) is 5.50. The van der Waals surface area contributed by atoms with Gasteiger partial charge in [0.1, 0.15) is 5.75 Å². The zero-order valence-electron chi connectivity index (χ0n) is 15.1. The number of hydrogen-bond acceptors (Lipinski definition) is 2. The van der Waals surface area contributed by atoms with Gasteiger partial charge in [0, 0.05) is 17.6 Å². The quantitative estimate of drug-likeness (QED) is 0.508. The molecule has 0 bridgehead atoms. The Bertz CT molecular complexity index is 520. The van der Waals surface area contributed by atoms with Gasteiger partial charge in [0.15, 0.2) is 0 Å². The van der Waals surface area contributed by atoms with Crippen molar-refractivity contribution >= 4 is 23.6 Å². The molecule has 132 valence electrons. The van der Waals surface area contributed by atoms with Gasteiger partial charge >= 0.3 is 7.67 Å². The normalized spacial score (nSPS) is 14.7. The van der Waals surface area contributed by atoms with Crippen molar-refractivity contribution in [1.29, 1.82) is 0 Å². The lowest BCUT2D eigenvalue weighted by Crippen LogP contribution is -2.33. The fourth-order valence-electron chi connectivity index (χ4n) is 2.24. The molecule has 0 fully saturated rings. The van der Waals surface area contributed by atoms with Crippen molar-refractivity contribution in [2.45, 2.75) is 34.1 Å². The molecule has 1 rings (SSSR count). The Morgan fingerprint density at radius 2 is 1.61 bits per heavy atom. The average Bonchev–Trinajstić information content (AvgIpc) is 2.46. The van der Waals surface area contributed by atoms with Gasteiger partial charge in [0.05, 0.1) is 0 Å². The molecular formula is C17H30BrN2O2P. The lowest BCUT2D eigenvalue weighted by molar-refractivity contribution is 0.292. The summed E-state index contributed by atoms with van der Waals surface area (Å²) in [5.74, 6) is 1.61. The standard InChI is InChI=1S/C17H30BrN2O2P/c1-14(2)11-12-19(5)23(21,20(6)13-15(3)4)22-17-9-7-16(18)8-10-17/h7-10,14-15H,11-13H2,1-6H3. The molecule has 1 aromatic rings. The highest BCUT2D eigenvalue weighted by molar-refractivity contribution is 9.10. The van der Waals surface area contributed by atoms with Crippen molar-refractivity contribution in [3.05, 3.63) is 28.7 Å². The van der Waals surface area contributed by atoms with E-state index in [1.165, 1.54) is 0 Å². The number of benzene rings is 1. The van der Waals surface area contributed by atoms with Gasteiger partial charge in [-0.1, -0.05) is 43.6 Å². The Morgan fingerprint density at radius 3 is 2.09 bits per heavy atom. The summed E-state index contributed by atoms with van der Waals surface area (Å²) in [7, 11) is 0.671. The van der Waals surface area contributed by atoms with Crippen LogP contribution in [0.15, 0.2) is 28.7 Å². The average molecular weight is 405 g/mol. The van der Waals surface area contributed by atoms with E-state index in [1.807, 2.05) is 47.7 Å². The highest BCUT2D eigenvalue weighted by atomic mass is 79.9. The van der Waals surface area contributed by atoms with E-state index in [2.05, 4.69) is 43.6 Å². The highest BCUT2D eigenvalue weighted by Gasteiger charge is 2.36. The van der Waals surface area contributed by atoms with E-state index in [4.69, 9.17) is 4.52 Å². The van der Waals surface area contributed by atoms with Crippen LogP contribution in [0.25, 0.3) is 0 Å². The van der Waals surface area contributed by atoms with Crippen LogP contribution >= 0.6 is 23.6 Å². The summed E-state index contributed by atoms with van der Waals surface area (Å²) in [4.78, 5) is 0. The molecule has 0 saturated heterocycles. The number of halogens is 1. The molecule has 0 heterocycles. The number of nitrogens with zero attached hydrogens (tertiary/aromatic N) is 2. The molecule has 0 radical (unpaired) electrons. The maximum Gasteiger partial charge on any atom is 0.395 e. The van der Waals surface area contributed by atoms with E-state index in [-0.39, 0.29) is 0 Å². The molecular weight excluding hydrogens is 375 g/mol. The van der Waals surface area contributed by atoms with Crippen LogP contribution in [0.2, 0.25) is 0 Å². The van der Waals surface area contributed by atoms with Crippen molar-refractivity contribution in [1.82, 2.24) is 9.34 Å². The van der Waals surface area contributed by atoms with E-state index in [0.29, 0.717) is 17.6 Å². The minimum absolute atomic E-state index is 0.417. The third kappa shape index (κ3) is 6.58. The van der Waals surface area contributed by atoms with E-state index in [9.17, 15) is 4.57 Å². The summed E-state index contributed by atoms with van der Waals surface area (Å²) in [6.45, 7) is 10.1. The van der Waals surface area contributed by atoms with Gasteiger partial charge in [-0.3, -0.25) is 0 Å². The minimum atomic E-state index is -3.10. The Labute approximate surface area is 149 Å². The molecule has 6 heteroatoms. The number of hydrogen-bond donors (Lipinski definition) is 0. The molecule has 0 aromatic heterocycles. The van der Waals surface area contributed by atoms with Gasteiger partial charge in [-0.25, -0.2) is 13.9 Å². The lowest BCUT2D eigenvalue weighted by Gasteiger charge is -2.35. The summed E-state index contributed by atoms with van der Waals surface area (Å²) in [5, 5.41) is 0. The fourth-order valence-corrected chi connectivity index (χ4v) is 4.60. The predicted molar refractivity (Wildman–Crippen MR) is 102 cm³/mol. The van der Waals surface area contributed by atoms with Crippen LogP contribution in [0.4, 0.5) is 0 Å². The topological polar surface area (TPSA) is 32.8 Å².